The highest BCUT2D eigenvalue weighted by Crippen LogP contribution is 2.16. The van der Waals surface area contributed by atoms with Gasteiger partial charge in [0, 0.05) is 17.6 Å². The van der Waals surface area contributed by atoms with Gasteiger partial charge in [-0.1, -0.05) is 24.3 Å². The van der Waals surface area contributed by atoms with Gasteiger partial charge in [0.05, 0.1) is 5.52 Å². The topological polar surface area (TPSA) is 37.0 Å². The molecule has 2 aromatic rings. The highest BCUT2D eigenvalue weighted by Gasteiger charge is 2.10. The third-order valence-electron chi connectivity index (χ3n) is 4.12. The number of aromatic nitrogens is 1. The highest BCUT2D eigenvalue weighted by atomic mass is 14.9. The second-order valence-electron chi connectivity index (χ2n) is 5.57. The van der Waals surface area contributed by atoms with Crippen LogP contribution in [-0.2, 0) is 6.42 Å². The van der Waals surface area contributed by atoms with E-state index >= 15 is 0 Å². The molecule has 1 unspecified atom stereocenters. The molecule has 0 aliphatic carbocycles. The van der Waals surface area contributed by atoms with Gasteiger partial charge in [-0.05, 0) is 56.9 Å². The van der Waals surface area contributed by atoms with E-state index in [-0.39, 0.29) is 0 Å². The molecule has 20 heavy (non-hydrogen) atoms. The van der Waals surface area contributed by atoms with Gasteiger partial charge in [-0.3, -0.25) is 4.98 Å². The Balaban J connectivity index is 1.59. The number of hydrogen-bond donors (Lipinski definition) is 2. The molecule has 2 heterocycles. The van der Waals surface area contributed by atoms with Gasteiger partial charge in [0.25, 0.3) is 0 Å². The van der Waals surface area contributed by atoms with Crippen molar-refractivity contribution in [1.29, 1.82) is 0 Å². The van der Waals surface area contributed by atoms with E-state index in [4.69, 9.17) is 0 Å². The van der Waals surface area contributed by atoms with E-state index in [9.17, 15) is 0 Å². The molecule has 1 aliphatic heterocycles. The number of fused-ring (bicyclic) bond motifs is 1. The first-order valence-corrected chi connectivity index (χ1v) is 7.70. The molecule has 0 amide bonds. The lowest BCUT2D eigenvalue weighted by Gasteiger charge is -2.16. The van der Waals surface area contributed by atoms with Gasteiger partial charge >= 0.3 is 0 Å². The standard InChI is InChI=1S/C17H23N3/c1-4-14-6-2-11-20-17(14)15(5-1)8-13-19-16-7-3-10-18-12-9-16/h1-2,4-6,11,16,18-19H,3,7-10,12-13H2. The van der Waals surface area contributed by atoms with Gasteiger partial charge in [0.1, 0.15) is 0 Å². The fraction of sp³-hybridized carbons (Fsp3) is 0.471. The van der Waals surface area contributed by atoms with E-state index in [1.54, 1.807) is 0 Å². The van der Waals surface area contributed by atoms with Crippen molar-refractivity contribution in [3.8, 4) is 0 Å². The lowest BCUT2D eigenvalue weighted by molar-refractivity contribution is 0.473. The summed E-state index contributed by atoms with van der Waals surface area (Å²) in [6.45, 7) is 3.36. The van der Waals surface area contributed by atoms with Crippen LogP contribution in [0, 0.1) is 0 Å². The molecular weight excluding hydrogens is 246 g/mol. The Morgan fingerprint density at radius 1 is 1.15 bits per heavy atom. The molecule has 1 fully saturated rings. The summed E-state index contributed by atoms with van der Waals surface area (Å²) in [7, 11) is 0. The summed E-state index contributed by atoms with van der Waals surface area (Å²) in [5, 5.41) is 8.41. The van der Waals surface area contributed by atoms with E-state index in [0.29, 0.717) is 6.04 Å². The third-order valence-corrected chi connectivity index (χ3v) is 4.12. The monoisotopic (exact) mass is 269 g/mol. The Bertz CT molecular complexity index is 539. The van der Waals surface area contributed by atoms with E-state index in [0.717, 1.165) is 25.0 Å². The fourth-order valence-electron chi connectivity index (χ4n) is 3.00. The molecule has 3 nitrogen and oxygen atoms in total. The number of rotatable bonds is 4. The summed E-state index contributed by atoms with van der Waals surface area (Å²) in [6.07, 6.45) is 6.76. The zero-order chi connectivity index (χ0) is 13.6. The first-order chi connectivity index (χ1) is 9.93. The Morgan fingerprint density at radius 3 is 3.10 bits per heavy atom. The van der Waals surface area contributed by atoms with Crippen LogP contribution in [0.3, 0.4) is 0 Å². The zero-order valence-corrected chi connectivity index (χ0v) is 11.9. The molecule has 3 heteroatoms. The summed E-state index contributed by atoms with van der Waals surface area (Å²) in [5.41, 5.74) is 2.50. The van der Waals surface area contributed by atoms with Crippen molar-refractivity contribution >= 4 is 10.9 Å². The average molecular weight is 269 g/mol. The Hall–Kier alpha value is -1.45. The molecule has 106 valence electrons. The average Bonchev–Trinajstić information content (AvgIpc) is 2.76. The summed E-state index contributed by atoms with van der Waals surface area (Å²) < 4.78 is 0. The van der Waals surface area contributed by atoms with Crippen molar-refractivity contribution in [2.75, 3.05) is 19.6 Å². The van der Waals surface area contributed by atoms with Crippen LogP contribution in [-0.4, -0.2) is 30.7 Å². The molecule has 2 N–H and O–H groups in total. The largest absolute Gasteiger partial charge is 0.317 e. The zero-order valence-electron chi connectivity index (χ0n) is 11.9. The first-order valence-electron chi connectivity index (χ1n) is 7.70. The lowest BCUT2D eigenvalue weighted by atomic mass is 10.1. The van der Waals surface area contributed by atoms with Crippen molar-refractivity contribution in [3.63, 3.8) is 0 Å². The summed E-state index contributed by atoms with van der Waals surface area (Å²) in [4.78, 5) is 4.52. The quantitative estimate of drug-likeness (QED) is 0.895. The molecule has 0 spiro atoms. The van der Waals surface area contributed by atoms with Crippen LogP contribution in [0.4, 0.5) is 0 Å². The van der Waals surface area contributed by atoms with Crippen molar-refractivity contribution in [2.24, 2.45) is 0 Å². The molecule has 0 radical (unpaired) electrons. The van der Waals surface area contributed by atoms with E-state index in [1.165, 1.54) is 36.8 Å². The Labute approximate surface area is 120 Å². The smallest absolute Gasteiger partial charge is 0.0734 e. The third kappa shape index (κ3) is 3.35. The molecule has 1 aliphatic rings. The predicted octanol–water partition coefficient (Wildman–Crippen LogP) is 2.51. The van der Waals surface area contributed by atoms with Crippen molar-refractivity contribution < 1.29 is 0 Å². The van der Waals surface area contributed by atoms with Crippen LogP contribution in [0.15, 0.2) is 36.5 Å². The fourth-order valence-corrected chi connectivity index (χ4v) is 3.00. The number of nitrogens with one attached hydrogen (secondary N) is 2. The van der Waals surface area contributed by atoms with Crippen LogP contribution < -0.4 is 10.6 Å². The molecule has 0 bridgehead atoms. The summed E-state index contributed by atoms with van der Waals surface area (Å²) in [6, 6.07) is 11.3. The van der Waals surface area contributed by atoms with Crippen LogP contribution in [0.2, 0.25) is 0 Å². The molecule has 0 saturated carbocycles. The normalized spacial score (nSPS) is 19.9. The number of nitrogens with zero attached hydrogens (tertiary/aromatic N) is 1. The van der Waals surface area contributed by atoms with Crippen LogP contribution >= 0.6 is 0 Å². The van der Waals surface area contributed by atoms with Gasteiger partial charge in [0.15, 0.2) is 0 Å². The minimum atomic E-state index is 0.674. The molecular formula is C17H23N3. The van der Waals surface area contributed by atoms with Crippen LogP contribution in [0.1, 0.15) is 24.8 Å². The first kappa shape index (κ1) is 13.5. The SMILES string of the molecule is c1cnc2c(CCNC3CCCNCC3)cccc2c1. The number of para-hydroxylation sites is 1. The van der Waals surface area contributed by atoms with Crippen LogP contribution in [0.25, 0.3) is 10.9 Å². The van der Waals surface area contributed by atoms with Gasteiger partial charge in [-0.25, -0.2) is 0 Å². The van der Waals surface area contributed by atoms with Crippen molar-refractivity contribution in [3.05, 3.63) is 42.1 Å². The van der Waals surface area contributed by atoms with E-state index < -0.39 is 0 Å². The molecule has 1 atom stereocenters. The van der Waals surface area contributed by atoms with Gasteiger partial charge < -0.3 is 10.6 Å². The number of benzene rings is 1. The maximum absolute atomic E-state index is 4.52. The minimum absolute atomic E-state index is 0.674. The number of hydrogen-bond acceptors (Lipinski definition) is 3. The van der Waals surface area contributed by atoms with Gasteiger partial charge in [-0.2, -0.15) is 0 Å². The Kier molecular flexibility index (Phi) is 4.61. The maximum Gasteiger partial charge on any atom is 0.0734 e. The van der Waals surface area contributed by atoms with Gasteiger partial charge in [-0.15, -0.1) is 0 Å². The minimum Gasteiger partial charge on any atom is -0.317 e. The molecule has 1 aromatic heterocycles. The molecule has 1 saturated heterocycles. The van der Waals surface area contributed by atoms with E-state index in [1.807, 2.05) is 12.3 Å². The second-order valence-corrected chi connectivity index (χ2v) is 5.57. The lowest BCUT2D eigenvalue weighted by Crippen LogP contribution is -2.31. The highest BCUT2D eigenvalue weighted by molar-refractivity contribution is 5.81. The summed E-state index contributed by atoms with van der Waals surface area (Å²) >= 11 is 0. The predicted molar refractivity (Wildman–Crippen MR) is 84.0 cm³/mol. The van der Waals surface area contributed by atoms with Crippen LogP contribution in [0.5, 0.6) is 0 Å². The van der Waals surface area contributed by atoms with Crippen molar-refractivity contribution in [1.82, 2.24) is 15.6 Å². The molecule has 3 rings (SSSR count). The van der Waals surface area contributed by atoms with E-state index in [2.05, 4.69) is 39.9 Å². The number of pyridine rings is 1. The molecule has 1 aromatic carbocycles. The van der Waals surface area contributed by atoms with Gasteiger partial charge in [0.2, 0.25) is 0 Å². The van der Waals surface area contributed by atoms with Crippen molar-refractivity contribution in [2.45, 2.75) is 31.7 Å². The Morgan fingerprint density at radius 2 is 2.10 bits per heavy atom. The summed E-state index contributed by atoms with van der Waals surface area (Å²) in [5.74, 6) is 0. The maximum atomic E-state index is 4.52. The second kappa shape index (κ2) is 6.82.